The Morgan fingerprint density at radius 3 is 2.49 bits per heavy atom. The lowest BCUT2D eigenvalue weighted by molar-refractivity contribution is -0.159. The summed E-state index contributed by atoms with van der Waals surface area (Å²) in [7, 11) is 0. The standard InChI is InChI=1S/C27H39N3O7/c1-15(31)27(36)11-8-20-18-5-4-16-12-17(6-9-25(16,2)19(18)7-10-26(20,27)3)30-37-14-23(33)29-21(24(34)35)13-22(28)32/h12,18-21,36H,4-11,13-14H2,1-3H3,(H2,28,32)(H,29,33)(H,34,35)/b30-17-/t18-,19+,20+,21-,25-,26+,27+/m0/s1. The predicted molar refractivity (Wildman–Crippen MR) is 134 cm³/mol. The number of ketones is 1. The molecule has 37 heavy (non-hydrogen) atoms. The van der Waals surface area contributed by atoms with Gasteiger partial charge in [0.05, 0.1) is 12.1 Å². The molecule has 5 N–H and O–H groups in total. The second-order valence-corrected chi connectivity index (χ2v) is 11.9. The summed E-state index contributed by atoms with van der Waals surface area (Å²) in [6.07, 6.45) is 8.43. The van der Waals surface area contributed by atoms with Crippen LogP contribution in [0, 0.1) is 28.6 Å². The molecule has 204 valence electrons. The molecule has 10 nitrogen and oxygen atoms in total. The number of fused-ring (bicyclic) bond motifs is 5. The van der Waals surface area contributed by atoms with Crippen molar-refractivity contribution in [2.24, 2.45) is 39.5 Å². The van der Waals surface area contributed by atoms with Gasteiger partial charge in [0.1, 0.15) is 11.6 Å². The normalized spacial score (nSPS) is 38.4. The van der Waals surface area contributed by atoms with Crippen LogP contribution in [0.1, 0.15) is 78.6 Å². The number of hydrogen-bond acceptors (Lipinski definition) is 7. The maximum Gasteiger partial charge on any atom is 0.326 e. The van der Waals surface area contributed by atoms with Crippen LogP contribution in [0.5, 0.6) is 0 Å². The first kappa shape index (κ1) is 27.3. The topological polar surface area (TPSA) is 168 Å². The van der Waals surface area contributed by atoms with E-state index in [1.807, 2.05) is 0 Å². The number of oxime groups is 1. The van der Waals surface area contributed by atoms with E-state index in [1.165, 1.54) is 12.5 Å². The number of amides is 2. The van der Waals surface area contributed by atoms with Crippen molar-refractivity contribution in [3.05, 3.63) is 11.6 Å². The summed E-state index contributed by atoms with van der Waals surface area (Å²) >= 11 is 0. The second-order valence-electron chi connectivity index (χ2n) is 11.9. The van der Waals surface area contributed by atoms with Crippen LogP contribution in [0.25, 0.3) is 0 Å². The Labute approximate surface area is 217 Å². The van der Waals surface area contributed by atoms with Crippen molar-refractivity contribution in [1.29, 1.82) is 0 Å². The molecule has 0 heterocycles. The number of allylic oxidation sites excluding steroid dienone is 2. The fraction of sp³-hybridized carbons (Fsp3) is 0.741. The van der Waals surface area contributed by atoms with Crippen molar-refractivity contribution in [3.63, 3.8) is 0 Å². The molecule has 0 radical (unpaired) electrons. The third-order valence-corrected chi connectivity index (χ3v) is 10.1. The highest BCUT2D eigenvalue weighted by Gasteiger charge is 2.65. The Balaban J connectivity index is 1.40. The molecule has 0 aromatic heterocycles. The second kappa shape index (κ2) is 9.85. The summed E-state index contributed by atoms with van der Waals surface area (Å²) in [5.41, 5.74) is 5.58. The van der Waals surface area contributed by atoms with Crippen LogP contribution in [0.2, 0.25) is 0 Å². The number of carbonyl (C=O) groups is 4. The highest BCUT2D eigenvalue weighted by molar-refractivity contribution is 5.96. The summed E-state index contributed by atoms with van der Waals surface area (Å²) in [6, 6.07) is -1.40. The van der Waals surface area contributed by atoms with E-state index in [-0.39, 0.29) is 16.6 Å². The van der Waals surface area contributed by atoms with Gasteiger partial charge in [0.15, 0.2) is 12.4 Å². The number of nitrogens with one attached hydrogen (secondary N) is 1. The molecule has 3 saturated carbocycles. The zero-order valence-corrected chi connectivity index (χ0v) is 21.9. The number of hydrogen-bond donors (Lipinski definition) is 4. The average Bonchev–Trinajstić information content (AvgIpc) is 3.10. The summed E-state index contributed by atoms with van der Waals surface area (Å²) in [6.45, 7) is 5.53. The van der Waals surface area contributed by atoms with Crippen LogP contribution in [0.4, 0.5) is 0 Å². The minimum Gasteiger partial charge on any atom is -0.480 e. The van der Waals surface area contributed by atoms with E-state index in [1.54, 1.807) is 0 Å². The van der Waals surface area contributed by atoms with E-state index in [4.69, 9.17) is 15.7 Å². The first-order valence-electron chi connectivity index (χ1n) is 13.3. The monoisotopic (exact) mass is 517 g/mol. The van der Waals surface area contributed by atoms with Gasteiger partial charge < -0.3 is 26.1 Å². The number of primary amides is 1. The molecule has 0 saturated heterocycles. The molecular weight excluding hydrogens is 478 g/mol. The van der Waals surface area contributed by atoms with Gasteiger partial charge in [0.25, 0.3) is 5.91 Å². The van der Waals surface area contributed by atoms with E-state index in [0.717, 1.165) is 44.2 Å². The number of aliphatic carboxylic acids is 1. The summed E-state index contributed by atoms with van der Waals surface area (Å²) in [5.74, 6) is -1.65. The van der Waals surface area contributed by atoms with Crippen molar-refractivity contribution >= 4 is 29.3 Å². The van der Waals surface area contributed by atoms with Gasteiger partial charge in [0.2, 0.25) is 5.91 Å². The minimum absolute atomic E-state index is 0.0288. The zero-order chi connectivity index (χ0) is 27.2. The zero-order valence-electron chi connectivity index (χ0n) is 21.9. The molecule has 2 amide bonds. The maximum absolute atomic E-state index is 12.4. The average molecular weight is 518 g/mol. The first-order valence-corrected chi connectivity index (χ1v) is 13.3. The Kier molecular flexibility index (Phi) is 7.27. The lowest BCUT2D eigenvalue weighted by Gasteiger charge is -2.59. The number of Topliss-reactive ketones (excluding diaryl/α,β-unsaturated/α-hetero) is 1. The molecule has 0 spiro atoms. The van der Waals surface area contributed by atoms with Crippen LogP contribution in [-0.4, -0.2) is 57.7 Å². The lowest BCUT2D eigenvalue weighted by Crippen LogP contribution is -2.57. The Morgan fingerprint density at radius 1 is 1.14 bits per heavy atom. The fourth-order valence-electron chi connectivity index (χ4n) is 8.05. The van der Waals surface area contributed by atoms with Crippen LogP contribution in [0.15, 0.2) is 16.8 Å². The van der Waals surface area contributed by atoms with Gasteiger partial charge in [-0.15, -0.1) is 0 Å². The molecule has 4 aliphatic carbocycles. The van der Waals surface area contributed by atoms with Crippen molar-refractivity contribution in [2.75, 3.05) is 6.61 Å². The number of nitrogens with two attached hydrogens (primary N) is 1. The van der Waals surface area contributed by atoms with E-state index in [0.29, 0.717) is 30.6 Å². The number of carbonyl (C=O) groups excluding carboxylic acids is 3. The molecule has 0 aromatic rings. The van der Waals surface area contributed by atoms with Gasteiger partial charge in [0, 0.05) is 5.41 Å². The quantitative estimate of drug-likeness (QED) is 0.357. The van der Waals surface area contributed by atoms with Crippen LogP contribution in [-0.2, 0) is 24.0 Å². The number of nitrogens with zero attached hydrogens (tertiary/aromatic N) is 1. The fourth-order valence-corrected chi connectivity index (χ4v) is 8.05. The summed E-state index contributed by atoms with van der Waals surface area (Å²) in [4.78, 5) is 51.8. The van der Waals surface area contributed by atoms with E-state index < -0.39 is 42.5 Å². The molecule has 10 heteroatoms. The molecule has 3 fully saturated rings. The van der Waals surface area contributed by atoms with Crippen molar-refractivity contribution in [1.82, 2.24) is 5.32 Å². The number of carboxylic acid groups (broad SMARTS) is 1. The summed E-state index contributed by atoms with van der Waals surface area (Å²) < 4.78 is 0. The minimum atomic E-state index is -1.40. The molecule has 4 rings (SSSR count). The third kappa shape index (κ3) is 4.69. The third-order valence-electron chi connectivity index (χ3n) is 10.1. The maximum atomic E-state index is 12.4. The van der Waals surface area contributed by atoms with E-state index in [2.05, 4.69) is 30.4 Å². The number of carboxylic acids is 1. The largest absolute Gasteiger partial charge is 0.480 e. The molecule has 4 aliphatic rings. The van der Waals surface area contributed by atoms with Crippen molar-refractivity contribution in [3.8, 4) is 0 Å². The Morgan fingerprint density at radius 2 is 1.84 bits per heavy atom. The van der Waals surface area contributed by atoms with E-state index >= 15 is 0 Å². The van der Waals surface area contributed by atoms with Crippen molar-refractivity contribution in [2.45, 2.75) is 90.2 Å². The van der Waals surface area contributed by atoms with Crippen LogP contribution in [0.3, 0.4) is 0 Å². The van der Waals surface area contributed by atoms with Crippen LogP contribution >= 0.6 is 0 Å². The smallest absolute Gasteiger partial charge is 0.326 e. The molecule has 0 unspecified atom stereocenters. The Hall–Kier alpha value is -2.75. The predicted octanol–water partition coefficient (Wildman–Crippen LogP) is 2.09. The Bertz CT molecular complexity index is 1050. The molecule has 0 bridgehead atoms. The van der Waals surface area contributed by atoms with Gasteiger partial charge in [-0.3, -0.25) is 14.4 Å². The highest BCUT2D eigenvalue weighted by Crippen LogP contribution is 2.67. The van der Waals surface area contributed by atoms with Gasteiger partial charge in [-0.05, 0) is 87.5 Å². The summed E-state index contributed by atoms with van der Waals surface area (Å²) in [5, 5.41) is 26.8. The number of rotatable bonds is 8. The first-order chi connectivity index (χ1) is 17.3. The van der Waals surface area contributed by atoms with Crippen LogP contribution < -0.4 is 11.1 Å². The molecular formula is C27H39N3O7. The van der Waals surface area contributed by atoms with E-state index in [9.17, 15) is 24.3 Å². The molecule has 7 atom stereocenters. The highest BCUT2D eigenvalue weighted by atomic mass is 16.6. The SMILES string of the molecule is CC(=O)[C@]1(O)CC[C@@H]2[C@H]3CCC4=C/C(=N\OCC(=O)N[C@@H](CC(N)=O)C(=O)O)CC[C@]4(C)[C@@H]3CC[C@]21C. The lowest BCUT2D eigenvalue weighted by atomic mass is 9.46. The van der Waals surface area contributed by atoms with Gasteiger partial charge in [-0.25, -0.2) is 4.79 Å². The van der Waals surface area contributed by atoms with Gasteiger partial charge >= 0.3 is 5.97 Å². The molecule has 0 aromatic carbocycles. The van der Waals surface area contributed by atoms with Gasteiger partial charge in [-0.2, -0.15) is 0 Å². The van der Waals surface area contributed by atoms with Gasteiger partial charge in [-0.1, -0.05) is 24.6 Å². The molecule has 0 aliphatic heterocycles. The van der Waals surface area contributed by atoms with Crippen molar-refractivity contribution < 1.29 is 34.2 Å². The number of aliphatic hydroxyl groups is 1.